The van der Waals surface area contributed by atoms with Crippen molar-refractivity contribution >= 4 is 5.78 Å². The number of hydrogen-bond acceptors (Lipinski definition) is 2. The van der Waals surface area contributed by atoms with Crippen molar-refractivity contribution in [1.82, 2.24) is 0 Å². The molecule has 2 heteroatoms. The summed E-state index contributed by atoms with van der Waals surface area (Å²) in [6, 6.07) is 0. The van der Waals surface area contributed by atoms with Crippen LogP contribution in [0, 0.1) is 40.9 Å². The van der Waals surface area contributed by atoms with Crippen molar-refractivity contribution in [3.8, 4) is 12.3 Å². The number of carbonyl (C=O) groups is 1. The first kappa shape index (κ1) is 15.9. The molecule has 0 aromatic heterocycles. The quantitative estimate of drug-likeness (QED) is 0.544. The summed E-state index contributed by atoms with van der Waals surface area (Å²) in [5.74, 6) is 3.85. The van der Waals surface area contributed by atoms with Crippen molar-refractivity contribution in [2.75, 3.05) is 0 Å². The molecule has 0 aromatic carbocycles. The van der Waals surface area contributed by atoms with Gasteiger partial charge < -0.3 is 5.11 Å². The van der Waals surface area contributed by atoms with Crippen LogP contribution in [-0.4, -0.2) is 16.5 Å². The van der Waals surface area contributed by atoms with Gasteiger partial charge in [-0.1, -0.05) is 43.1 Å². The monoisotopic (exact) mass is 322 g/mol. The van der Waals surface area contributed by atoms with Crippen LogP contribution < -0.4 is 0 Å². The molecule has 2 fully saturated rings. The second-order valence-corrected chi connectivity index (χ2v) is 8.69. The maximum absolute atomic E-state index is 11.8. The first-order chi connectivity index (χ1) is 11.3. The molecule has 0 radical (unpaired) electrons. The molecule has 1 N–H and O–H groups in total. The third kappa shape index (κ3) is 1.69. The Balaban J connectivity index is 1.81. The van der Waals surface area contributed by atoms with Gasteiger partial charge in [-0.15, -0.1) is 6.42 Å². The summed E-state index contributed by atoms with van der Waals surface area (Å²) in [5, 5.41) is 11.2. The van der Waals surface area contributed by atoms with E-state index in [1.165, 1.54) is 11.1 Å². The molecule has 4 aliphatic carbocycles. The highest BCUT2D eigenvalue weighted by atomic mass is 16.3. The fraction of sp³-hybridized carbons (Fsp3) is 0.591. The van der Waals surface area contributed by atoms with Crippen LogP contribution in [0.5, 0.6) is 0 Å². The molecule has 0 spiro atoms. The lowest BCUT2D eigenvalue weighted by atomic mass is 9.51. The van der Waals surface area contributed by atoms with Crippen LogP contribution in [0.3, 0.4) is 0 Å². The fourth-order valence-corrected chi connectivity index (χ4v) is 6.17. The number of hydrogen-bond donors (Lipinski definition) is 1. The lowest BCUT2D eigenvalue weighted by Gasteiger charge is -2.53. The summed E-state index contributed by atoms with van der Waals surface area (Å²) >= 11 is 0. The molecule has 24 heavy (non-hydrogen) atoms. The van der Waals surface area contributed by atoms with Crippen LogP contribution in [0.15, 0.2) is 35.5 Å². The van der Waals surface area contributed by atoms with Gasteiger partial charge in [-0.2, -0.15) is 0 Å². The highest BCUT2D eigenvalue weighted by Gasteiger charge is 2.63. The SMILES string of the molecule is C#C[C@@]1(O)[C@@H](C)C[C@H]2[C@@H]3CCC4=CC(=O)C=C[C@]4(C)C3=CC[C@@]21C. The van der Waals surface area contributed by atoms with Crippen LogP contribution >= 0.6 is 0 Å². The summed E-state index contributed by atoms with van der Waals surface area (Å²) in [5.41, 5.74) is 1.30. The zero-order valence-corrected chi connectivity index (χ0v) is 14.8. The van der Waals surface area contributed by atoms with E-state index in [9.17, 15) is 9.90 Å². The van der Waals surface area contributed by atoms with Gasteiger partial charge in [-0.25, -0.2) is 0 Å². The van der Waals surface area contributed by atoms with Crippen LogP contribution in [0.1, 0.15) is 46.5 Å². The number of fused-ring (bicyclic) bond motifs is 5. The van der Waals surface area contributed by atoms with E-state index in [0.29, 0.717) is 11.8 Å². The third-order valence-corrected chi connectivity index (χ3v) is 7.75. The highest BCUT2D eigenvalue weighted by Crippen LogP contribution is 2.66. The number of carbonyl (C=O) groups excluding carboxylic acids is 1. The fourth-order valence-electron chi connectivity index (χ4n) is 6.17. The van der Waals surface area contributed by atoms with E-state index >= 15 is 0 Å². The Hall–Kier alpha value is -1.59. The molecule has 4 rings (SSSR count). The first-order valence-corrected chi connectivity index (χ1v) is 9.11. The van der Waals surface area contributed by atoms with E-state index in [0.717, 1.165) is 25.7 Å². The molecule has 0 bridgehead atoms. The van der Waals surface area contributed by atoms with Gasteiger partial charge in [-0.3, -0.25) is 4.79 Å². The van der Waals surface area contributed by atoms with Crippen molar-refractivity contribution < 1.29 is 9.90 Å². The molecule has 0 unspecified atom stereocenters. The van der Waals surface area contributed by atoms with Crippen molar-refractivity contribution in [3.05, 3.63) is 35.5 Å². The maximum Gasteiger partial charge on any atom is 0.178 e. The number of terminal acetylenes is 1. The molecule has 6 atom stereocenters. The predicted octanol–water partition coefficient (Wildman–Crippen LogP) is 3.82. The summed E-state index contributed by atoms with van der Waals surface area (Å²) in [6.45, 7) is 6.52. The topological polar surface area (TPSA) is 37.3 Å². The molecular formula is C22H26O2. The number of allylic oxidation sites excluding steroid dienone is 6. The largest absolute Gasteiger partial charge is 0.377 e. The lowest BCUT2D eigenvalue weighted by Crippen LogP contribution is -2.51. The normalized spacial score (nSPS) is 49.5. The molecule has 0 saturated heterocycles. The second kappa shape index (κ2) is 4.73. The Bertz CT molecular complexity index is 748. The van der Waals surface area contributed by atoms with Crippen LogP contribution in [0.25, 0.3) is 0 Å². The maximum atomic E-state index is 11.8. The Labute approximate surface area is 144 Å². The molecule has 0 amide bonds. The average molecular weight is 322 g/mol. The summed E-state index contributed by atoms with van der Waals surface area (Å²) in [6.07, 6.45) is 17.6. The van der Waals surface area contributed by atoms with Crippen molar-refractivity contribution in [1.29, 1.82) is 0 Å². The van der Waals surface area contributed by atoms with Gasteiger partial charge >= 0.3 is 0 Å². The Morgan fingerprint density at radius 2 is 2.12 bits per heavy atom. The lowest BCUT2D eigenvalue weighted by molar-refractivity contribution is -0.110. The van der Waals surface area contributed by atoms with E-state index in [1.54, 1.807) is 6.08 Å². The van der Waals surface area contributed by atoms with Crippen LogP contribution in [0.4, 0.5) is 0 Å². The molecule has 0 aliphatic heterocycles. The average Bonchev–Trinajstić information content (AvgIpc) is 2.76. The minimum atomic E-state index is -1.02. The zero-order valence-electron chi connectivity index (χ0n) is 14.8. The summed E-state index contributed by atoms with van der Waals surface area (Å²) < 4.78 is 0. The smallest absolute Gasteiger partial charge is 0.178 e. The molecule has 0 heterocycles. The number of rotatable bonds is 0. The van der Waals surface area contributed by atoms with Gasteiger partial charge in [0, 0.05) is 10.8 Å². The Kier molecular flexibility index (Phi) is 3.14. The second-order valence-electron chi connectivity index (χ2n) is 8.69. The number of ketones is 1. The van der Waals surface area contributed by atoms with Gasteiger partial charge in [0.1, 0.15) is 5.60 Å². The van der Waals surface area contributed by atoms with Crippen molar-refractivity contribution in [3.63, 3.8) is 0 Å². The van der Waals surface area contributed by atoms with E-state index in [4.69, 9.17) is 6.42 Å². The Morgan fingerprint density at radius 3 is 2.83 bits per heavy atom. The van der Waals surface area contributed by atoms with E-state index in [2.05, 4.69) is 38.8 Å². The van der Waals surface area contributed by atoms with Gasteiger partial charge in [0.05, 0.1) is 0 Å². The molecular weight excluding hydrogens is 296 g/mol. The zero-order chi connectivity index (χ0) is 17.3. The minimum Gasteiger partial charge on any atom is -0.377 e. The summed E-state index contributed by atoms with van der Waals surface area (Å²) in [7, 11) is 0. The summed E-state index contributed by atoms with van der Waals surface area (Å²) in [4.78, 5) is 11.8. The molecule has 2 saturated carbocycles. The van der Waals surface area contributed by atoms with E-state index < -0.39 is 5.60 Å². The van der Waals surface area contributed by atoms with Gasteiger partial charge in [0.15, 0.2) is 5.78 Å². The number of aliphatic hydroxyl groups is 1. The Morgan fingerprint density at radius 1 is 1.38 bits per heavy atom. The predicted molar refractivity (Wildman–Crippen MR) is 94.9 cm³/mol. The molecule has 0 aromatic rings. The standard InChI is InChI=1S/C22H26O2/c1-5-22(24)14(2)12-19-17-7-6-15-13-16(23)8-10-20(15,3)18(17)9-11-21(19,22)4/h1,8-10,13-14,17,19,24H,6-7,11-12H2,2-4H3/t14-,17+,19-,20-,21-,22+/m0/s1. The van der Waals surface area contributed by atoms with E-state index in [-0.39, 0.29) is 22.5 Å². The van der Waals surface area contributed by atoms with Gasteiger partial charge in [0.2, 0.25) is 0 Å². The van der Waals surface area contributed by atoms with E-state index in [1.807, 2.05) is 6.08 Å². The van der Waals surface area contributed by atoms with Crippen LogP contribution in [0.2, 0.25) is 0 Å². The third-order valence-electron chi connectivity index (χ3n) is 7.75. The highest BCUT2D eigenvalue weighted by molar-refractivity contribution is 6.01. The van der Waals surface area contributed by atoms with Crippen LogP contribution in [-0.2, 0) is 4.79 Å². The van der Waals surface area contributed by atoms with Gasteiger partial charge in [-0.05, 0) is 62.5 Å². The van der Waals surface area contributed by atoms with Gasteiger partial charge in [0.25, 0.3) is 0 Å². The molecule has 4 aliphatic rings. The minimum absolute atomic E-state index is 0.110. The van der Waals surface area contributed by atoms with Crippen molar-refractivity contribution in [2.24, 2.45) is 28.6 Å². The molecule has 126 valence electrons. The van der Waals surface area contributed by atoms with Crippen molar-refractivity contribution in [2.45, 2.75) is 52.1 Å². The molecule has 2 nitrogen and oxygen atoms in total. The first-order valence-electron chi connectivity index (χ1n) is 9.11.